The van der Waals surface area contributed by atoms with Gasteiger partial charge in [0.25, 0.3) is 0 Å². The normalized spacial score (nSPS) is 12.7. The molecule has 0 atom stereocenters. The van der Waals surface area contributed by atoms with Gasteiger partial charge in [0.05, 0.1) is 33.1 Å². The Morgan fingerprint density at radius 1 is 0.390 bits per heavy atom. The summed E-state index contributed by atoms with van der Waals surface area (Å²) < 4.78 is 25.1. The maximum Gasteiger partial charge on any atom is 2.00 e. The molecule has 0 aliphatic rings. The van der Waals surface area contributed by atoms with Crippen molar-refractivity contribution in [1.82, 2.24) is 9.97 Å². The van der Waals surface area contributed by atoms with Crippen molar-refractivity contribution in [2.24, 2.45) is 0 Å². The minimum Gasteiger partial charge on any atom is -0.500 e. The Bertz CT molecular complexity index is 2490. The number of aromatic nitrogens is 2. The van der Waals surface area contributed by atoms with E-state index in [4.69, 9.17) is 27.6 Å². The van der Waals surface area contributed by atoms with Gasteiger partial charge in [0, 0.05) is 11.0 Å². The SMILES string of the molecule is [Pt+2].[c-]1c2ccc3oc4ccc5oc6ccc([c-]c6c5c4c13)c1ccc3oc4ccc5oc6ccc2nc6c5c4c3n1. The van der Waals surface area contributed by atoms with Crippen molar-refractivity contribution in [3.05, 3.63) is 84.9 Å². The van der Waals surface area contributed by atoms with Crippen LogP contribution in [0.1, 0.15) is 0 Å². The van der Waals surface area contributed by atoms with Gasteiger partial charge in [-0.25, -0.2) is 0 Å². The molecule has 7 aromatic heterocycles. The van der Waals surface area contributed by atoms with Crippen LogP contribution in [0.15, 0.2) is 90.5 Å². The summed E-state index contributed by atoms with van der Waals surface area (Å²) in [6.07, 6.45) is 0. The molecule has 6 nitrogen and oxygen atoms in total. The maximum absolute atomic E-state index is 6.28. The molecule has 8 bridgehead atoms. The first kappa shape index (κ1) is 21.8. The summed E-state index contributed by atoms with van der Waals surface area (Å²) >= 11 is 0. The van der Waals surface area contributed by atoms with Gasteiger partial charge in [0.2, 0.25) is 0 Å². The van der Waals surface area contributed by atoms with Crippen LogP contribution in [-0.2, 0) is 21.1 Å². The number of benzene rings is 4. The second kappa shape index (κ2) is 7.22. The summed E-state index contributed by atoms with van der Waals surface area (Å²) in [4.78, 5) is 10.2. The second-order valence-corrected chi connectivity index (χ2v) is 10.3. The maximum atomic E-state index is 6.28. The summed E-state index contributed by atoms with van der Waals surface area (Å²) in [6.45, 7) is 0. The van der Waals surface area contributed by atoms with Crippen molar-refractivity contribution in [1.29, 1.82) is 0 Å². The summed E-state index contributed by atoms with van der Waals surface area (Å²) in [5.74, 6) is 0. The molecule has 0 saturated heterocycles. The van der Waals surface area contributed by atoms with Crippen molar-refractivity contribution < 1.29 is 38.7 Å². The van der Waals surface area contributed by atoms with Crippen LogP contribution in [-0.4, -0.2) is 9.97 Å². The Morgan fingerprint density at radius 2 is 0.756 bits per heavy atom. The predicted octanol–water partition coefficient (Wildman–Crippen LogP) is 9.42. The molecule has 0 fully saturated rings. The minimum absolute atomic E-state index is 0. The van der Waals surface area contributed by atoms with Crippen LogP contribution in [0.4, 0.5) is 0 Å². The molecule has 0 radical (unpaired) electrons. The first-order chi connectivity index (χ1) is 19.8. The van der Waals surface area contributed by atoms with Gasteiger partial charge in [0.15, 0.2) is 11.2 Å². The molecule has 11 rings (SSSR count). The van der Waals surface area contributed by atoms with Crippen LogP contribution in [0.5, 0.6) is 0 Å². The monoisotopic (exact) mass is 707 g/mol. The second-order valence-electron chi connectivity index (χ2n) is 10.3. The fraction of sp³-hybridized carbons (Fsp3) is 0. The van der Waals surface area contributed by atoms with Crippen molar-refractivity contribution in [2.75, 3.05) is 0 Å². The Hall–Kier alpha value is -4.93. The number of furan rings is 4. The van der Waals surface area contributed by atoms with Gasteiger partial charge in [-0.05, 0) is 36.4 Å². The van der Waals surface area contributed by atoms with E-state index < -0.39 is 0 Å². The van der Waals surface area contributed by atoms with Gasteiger partial charge < -0.3 is 17.7 Å². The molecular weight excluding hydrogens is 695 g/mol. The van der Waals surface area contributed by atoms with Crippen LogP contribution in [0, 0.1) is 12.1 Å². The summed E-state index contributed by atoms with van der Waals surface area (Å²) in [6, 6.07) is 30.9. The number of hydrogen-bond donors (Lipinski definition) is 0. The van der Waals surface area contributed by atoms with Crippen molar-refractivity contribution >= 4 is 110 Å². The Kier molecular flexibility index (Phi) is 3.85. The largest absolute Gasteiger partial charge is 2.00 e. The van der Waals surface area contributed by atoms with Crippen molar-refractivity contribution in [3.8, 4) is 0 Å². The minimum atomic E-state index is 0. The zero-order chi connectivity index (χ0) is 25.7. The van der Waals surface area contributed by atoms with Gasteiger partial charge in [0.1, 0.15) is 22.2 Å². The first-order valence-electron chi connectivity index (χ1n) is 13.0. The standard InChI is InChI=1S/C34H12N2O4.Pt/c1-5-21-17-13-15(1)19-3-7-27-33(35-19)31-25(39-27)11-12-26-32(31)34-28(40-26)8-4-20(36-34)16-2-6-22-18(14-16)30-24(38-22)10-9-23(37-21)29(17)30;/h1-12H;/q-2;+2. The van der Waals surface area contributed by atoms with E-state index in [2.05, 4.69) is 12.1 Å². The van der Waals surface area contributed by atoms with E-state index in [9.17, 15) is 0 Å². The molecule has 11 aromatic rings. The van der Waals surface area contributed by atoms with E-state index in [1.807, 2.05) is 72.8 Å². The molecule has 4 aromatic carbocycles. The molecule has 0 unspecified atom stereocenters. The first-order valence-corrected chi connectivity index (χ1v) is 13.0. The van der Waals surface area contributed by atoms with Crippen LogP contribution in [0.3, 0.4) is 0 Å². The number of nitrogens with zero attached hydrogens (tertiary/aromatic N) is 2. The topological polar surface area (TPSA) is 78.3 Å². The number of rotatable bonds is 0. The molecule has 0 aliphatic carbocycles. The molecule has 41 heavy (non-hydrogen) atoms. The Morgan fingerprint density at radius 3 is 1.22 bits per heavy atom. The van der Waals surface area contributed by atoms with Crippen LogP contribution >= 0.6 is 0 Å². The fourth-order valence-electron chi connectivity index (χ4n) is 6.43. The van der Waals surface area contributed by atoms with E-state index in [-0.39, 0.29) is 21.1 Å². The van der Waals surface area contributed by atoms with E-state index in [1.165, 1.54) is 0 Å². The average Bonchev–Trinajstić information content (AvgIpc) is 3.73. The third-order valence-electron chi connectivity index (χ3n) is 8.19. The van der Waals surface area contributed by atoms with E-state index in [0.29, 0.717) is 11.2 Å². The fourth-order valence-corrected chi connectivity index (χ4v) is 6.43. The molecule has 7 heterocycles. The Balaban J connectivity index is 0.00000227. The molecule has 0 saturated carbocycles. The van der Waals surface area contributed by atoms with Crippen LogP contribution < -0.4 is 0 Å². The predicted molar refractivity (Wildman–Crippen MR) is 155 cm³/mol. The molecular formula is C34H12N2O4Pt. The smallest absolute Gasteiger partial charge is 0.500 e. The van der Waals surface area contributed by atoms with E-state index in [0.717, 1.165) is 98.7 Å². The number of hydrogen-bond acceptors (Lipinski definition) is 6. The van der Waals surface area contributed by atoms with Gasteiger partial charge in [-0.1, -0.05) is 56.6 Å². The average molecular weight is 708 g/mol. The van der Waals surface area contributed by atoms with Gasteiger partial charge in [-0.3, -0.25) is 9.97 Å². The third kappa shape index (κ3) is 2.62. The van der Waals surface area contributed by atoms with Gasteiger partial charge >= 0.3 is 21.1 Å². The van der Waals surface area contributed by atoms with E-state index in [1.54, 1.807) is 0 Å². The van der Waals surface area contributed by atoms with Gasteiger partial charge in [-0.15, -0.1) is 24.3 Å². The molecule has 0 spiro atoms. The third-order valence-corrected chi connectivity index (χ3v) is 8.19. The molecule has 192 valence electrons. The van der Waals surface area contributed by atoms with Crippen molar-refractivity contribution in [2.45, 2.75) is 0 Å². The summed E-state index contributed by atoms with van der Waals surface area (Å²) in [5.41, 5.74) is 9.03. The van der Waals surface area contributed by atoms with Crippen LogP contribution in [0.2, 0.25) is 0 Å². The van der Waals surface area contributed by atoms with Crippen molar-refractivity contribution in [3.63, 3.8) is 0 Å². The van der Waals surface area contributed by atoms with E-state index >= 15 is 0 Å². The summed E-state index contributed by atoms with van der Waals surface area (Å²) in [5, 5.41) is 7.15. The molecule has 0 N–H and O–H groups in total. The Labute approximate surface area is 242 Å². The number of fused-ring (bicyclic) bond motifs is 6. The molecule has 7 heteroatoms. The van der Waals surface area contributed by atoms with Gasteiger partial charge in [-0.2, -0.15) is 0 Å². The molecule has 0 amide bonds. The quantitative estimate of drug-likeness (QED) is 0.146. The number of pyridine rings is 2. The zero-order valence-electron chi connectivity index (χ0n) is 20.8. The zero-order valence-corrected chi connectivity index (χ0v) is 23.0. The molecule has 0 aliphatic heterocycles. The van der Waals surface area contributed by atoms with Crippen LogP contribution in [0.25, 0.3) is 110 Å². The summed E-state index contributed by atoms with van der Waals surface area (Å²) in [7, 11) is 0.